The van der Waals surface area contributed by atoms with Gasteiger partial charge in [0.1, 0.15) is 10.0 Å². The molecule has 0 bridgehead atoms. The summed E-state index contributed by atoms with van der Waals surface area (Å²) in [6.45, 7) is 0.475. The molecular formula is C13H15N3S. The van der Waals surface area contributed by atoms with E-state index in [2.05, 4.69) is 28.4 Å². The van der Waals surface area contributed by atoms with E-state index in [1.54, 1.807) is 11.3 Å². The molecule has 0 unspecified atom stereocenters. The third-order valence-corrected chi connectivity index (χ3v) is 4.23. The third kappa shape index (κ3) is 2.10. The lowest BCUT2D eigenvalue weighted by Gasteiger charge is -2.15. The average molecular weight is 245 g/mol. The topological polar surface area (TPSA) is 51.8 Å². The van der Waals surface area contributed by atoms with Gasteiger partial charge in [0.2, 0.25) is 0 Å². The Morgan fingerprint density at radius 1 is 1.12 bits per heavy atom. The first-order valence-electron chi connectivity index (χ1n) is 6.01. The van der Waals surface area contributed by atoms with Crippen LogP contribution in [-0.4, -0.2) is 10.2 Å². The second-order valence-corrected chi connectivity index (χ2v) is 5.46. The predicted molar refractivity (Wildman–Crippen MR) is 69.9 cm³/mol. The zero-order valence-corrected chi connectivity index (χ0v) is 10.5. The number of benzene rings is 1. The SMILES string of the molecule is NCc1nnc(-c2ccc3c(c2)CCCC3)s1. The number of aryl methyl sites for hydroxylation is 2. The van der Waals surface area contributed by atoms with Crippen LogP contribution in [0, 0.1) is 0 Å². The molecule has 1 aliphatic carbocycles. The third-order valence-electron chi connectivity index (χ3n) is 3.24. The van der Waals surface area contributed by atoms with Crippen molar-refractivity contribution in [3.05, 3.63) is 34.3 Å². The van der Waals surface area contributed by atoms with Crippen LogP contribution in [0.4, 0.5) is 0 Å². The van der Waals surface area contributed by atoms with Crippen molar-refractivity contribution < 1.29 is 0 Å². The Kier molecular flexibility index (Phi) is 2.91. The molecule has 0 saturated carbocycles. The Morgan fingerprint density at radius 2 is 1.94 bits per heavy atom. The standard InChI is InChI=1S/C13H15N3S/c14-8-12-15-16-13(17-12)11-6-5-9-3-1-2-4-10(9)7-11/h5-7H,1-4,8,14H2. The first kappa shape index (κ1) is 10.9. The predicted octanol–water partition coefficient (Wildman–Crippen LogP) is 2.54. The van der Waals surface area contributed by atoms with Gasteiger partial charge in [0.15, 0.2) is 0 Å². The van der Waals surface area contributed by atoms with Gasteiger partial charge in [0.25, 0.3) is 0 Å². The number of nitrogens with zero attached hydrogens (tertiary/aromatic N) is 2. The van der Waals surface area contributed by atoms with Crippen LogP contribution in [0.5, 0.6) is 0 Å². The number of hydrogen-bond donors (Lipinski definition) is 1. The minimum Gasteiger partial charge on any atom is -0.324 e. The molecule has 0 amide bonds. The molecule has 2 aromatic rings. The molecule has 0 saturated heterocycles. The van der Waals surface area contributed by atoms with E-state index >= 15 is 0 Å². The fraction of sp³-hybridized carbons (Fsp3) is 0.385. The largest absolute Gasteiger partial charge is 0.324 e. The van der Waals surface area contributed by atoms with Crippen LogP contribution in [0.1, 0.15) is 29.0 Å². The molecule has 1 heterocycles. The van der Waals surface area contributed by atoms with Crippen molar-refractivity contribution in [2.24, 2.45) is 5.73 Å². The number of fused-ring (bicyclic) bond motifs is 1. The van der Waals surface area contributed by atoms with E-state index in [0.717, 1.165) is 10.0 Å². The molecule has 0 radical (unpaired) electrons. The summed E-state index contributed by atoms with van der Waals surface area (Å²) in [5.41, 5.74) is 9.73. The van der Waals surface area contributed by atoms with Gasteiger partial charge in [-0.3, -0.25) is 0 Å². The Morgan fingerprint density at radius 3 is 2.71 bits per heavy atom. The first-order chi connectivity index (χ1) is 8.36. The maximum atomic E-state index is 5.56. The summed E-state index contributed by atoms with van der Waals surface area (Å²) in [6.07, 6.45) is 5.05. The first-order valence-corrected chi connectivity index (χ1v) is 6.83. The number of hydrogen-bond acceptors (Lipinski definition) is 4. The summed E-state index contributed by atoms with van der Waals surface area (Å²) < 4.78 is 0. The minimum atomic E-state index is 0.475. The summed E-state index contributed by atoms with van der Waals surface area (Å²) in [7, 11) is 0. The Labute approximate surface area is 105 Å². The van der Waals surface area contributed by atoms with Gasteiger partial charge >= 0.3 is 0 Å². The Hall–Kier alpha value is -1.26. The number of nitrogens with two attached hydrogens (primary N) is 1. The Bertz CT molecular complexity index is 533. The van der Waals surface area contributed by atoms with Gasteiger partial charge in [-0.05, 0) is 42.9 Å². The Balaban J connectivity index is 1.97. The van der Waals surface area contributed by atoms with Gasteiger partial charge in [0, 0.05) is 12.1 Å². The fourth-order valence-corrected chi connectivity index (χ4v) is 3.03. The molecule has 0 spiro atoms. The van der Waals surface area contributed by atoms with E-state index in [1.165, 1.54) is 42.4 Å². The molecule has 1 aromatic heterocycles. The van der Waals surface area contributed by atoms with E-state index in [1.807, 2.05) is 0 Å². The molecule has 1 aliphatic rings. The molecular weight excluding hydrogens is 230 g/mol. The molecule has 1 aromatic carbocycles. The van der Waals surface area contributed by atoms with Crippen molar-refractivity contribution in [3.8, 4) is 10.6 Å². The molecule has 4 heteroatoms. The van der Waals surface area contributed by atoms with E-state index < -0.39 is 0 Å². The van der Waals surface area contributed by atoms with Crippen LogP contribution >= 0.6 is 11.3 Å². The second-order valence-electron chi connectivity index (χ2n) is 4.40. The van der Waals surface area contributed by atoms with Gasteiger partial charge in [-0.15, -0.1) is 10.2 Å². The number of aromatic nitrogens is 2. The molecule has 0 fully saturated rings. The summed E-state index contributed by atoms with van der Waals surface area (Å²) in [4.78, 5) is 0. The second kappa shape index (κ2) is 4.55. The lowest BCUT2D eigenvalue weighted by molar-refractivity contribution is 0.686. The minimum absolute atomic E-state index is 0.475. The zero-order chi connectivity index (χ0) is 11.7. The molecule has 3 nitrogen and oxygen atoms in total. The highest BCUT2D eigenvalue weighted by Gasteiger charge is 2.12. The van der Waals surface area contributed by atoms with Crippen molar-refractivity contribution in [2.45, 2.75) is 32.2 Å². The van der Waals surface area contributed by atoms with E-state index in [9.17, 15) is 0 Å². The average Bonchev–Trinajstić information content (AvgIpc) is 2.87. The van der Waals surface area contributed by atoms with Crippen molar-refractivity contribution in [1.82, 2.24) is 10.2 Å². The molecule has 17 heavy (non-hydrogen) atoms. The van der Waals surface area contributed by atoms with Crippen LogP contribution in [0.3, 0.4) is 0 Å². The van der Waals surface area contributed by atoms with E-state index in [4.69, 9.17) is 5.73 Å². The van der Waals surface area contributed by atoms with E-state index in [-0.39, 0.29) is 0 Å². The van der Waals surface area contributed by atoms with Crippen molar-refractivity contribution in [2.75, 3.05) is 0 Å². The highest BCUT2D eigenvalue weighted by Crippen LogP contribution is 2.28. The highest BCUT2D eigenvalue weighted by atomic mass is 32.1. The van der Waals surface area contributed by atoms with Crippen LogP contribution in [0.25, 0.3) is 10.6 Å². The summed E-state index contributed by atoms with van der Waals surface area (Å²) >= 11 is 1.59. The molecule has 0 atom stereocenters. The van der Waals surface area contributed by atoms with Crippen molar-refractivity contribution >= 4 is 11.3 Å². The smallest absolute Gasteiger partial charge is 0.147 e. The summed E-state index contributed by atoms with van der Waals surface area (Å²) in [6, 6.07) is 6.67. The normalized spacial score (nSPS) is 14.6. The lowest BCUT2D eigenvalue weighted by Crippen LogP contribution is -2.02. The van der Waals surface area contributed by atoms with Crippen LogP contribution < -0.4 is 5.73 Å². The summed E-state index contributed by atoms with van der Waals surface area (Å²) in [5.74, 6) is 0. The highest BCUT2D eigenvalue weighted by molar-refractivity contribution is 7.14. The maximum absolute atomic E-state index is 5.56. The van der Waals surface area contributed by atoms with Gasteiger partial charge < -0.3 is 5.73 Å². The maximum Gasteiger partial charge on any atom is 0.147 e. The van der Waals surface area contributed by atoms with Crippen LogP contribution in [-0.2, 0) is 19.4 Å². The van der Waals surface area contributed by atoms with Gasteiger partial charge in [-0.2, -0.15) is 0 Å². The molecule has 0 aliphatic heterocycles. The van der Waals surface area contributed by atoms with Gasteiger partial charge in [-0.1, -0.05) is 23.5 Å². The zero-order valence-electron chi connectivity index (χ0n) is 9.65. The van der Waals surface area contributed by atoms with Crippen LogP contribution in [0.2, 0.25) is 0 Å². The lowest BCUT2D eigenvalue weighted by atomic mass is 9.90. The van der Waals surface area contributed by atoms with Crippen molar-refractivity contribution in [1.29, 1.82) is 0 Å². The summed E-state index contributed by atoms with van der Waals surface area (Å²) in [5, 5.41) is 10.1. The number of rotatable bonds is 2. The monoisotopic (exact) mass is 245 g/mol. The molecule has 3 rings (SSSR count). The fourth-order valence-electron chi connectivity index (χ4n) is 2.32. The van der Waals surface area contributed by atoms with Crippen molar-refractivity contribution in [3.63, 3.8) is 0 Å². The van der Waals surface area contributed by atoms with Gasteiger partial charge in [0.05, 0.1) is 0 Å². The quantitative estimate of drug-likeness (QED) is 0.884. The van der Waals surface area contributed by atoms with E-state index in [0.29, 0.717) is 6.54 Å². The molecule has 2 N–H and O–H groups in total. The van der Waals surface area contributed by atoms with Crippen LogP contribution in [0.15, 0.2) is 18.2 Å². The van der Waals surface area contributed by atoms with Gasteiger partial charge in [-0.25, -0.2) is 0 Å². The molecule has 88 valence electrons.